The van der Waals surface area contributed by atoms with E-state index in [0.29, 0.717) is 12.1 Å². The van der Waals surface area contributed by atoms with Crippen molar-refractivity contribution >= 4 is 17.3 Å². The molecule has 25 heavy (non-hydrogen) atoms. The third kappa shape index (κ3) is 2.95. The zero-order valence-corrected chi connectivity index (χ0v) is 15.7. The third-order valence-corrected chi connectivity index (χ3v) is 5.85. The van der Waals surface area contributed by atoms with Gasteiger partial charge in [-0.1, -0.05) is 18.9 Å². The van der Waals surface area contributed by atoms with Crippen LogP contribution in [0.3, 0.4) is 0 Å². The summed E-state index contributed by atoms with van der Waals surface area (Å²) in [5, 5.41) is 4.46. The van der Waals surface area contributed by atoms with E-state index in [1.54, 1.807) is 0 Å². The summed E-state index contributed by atoms with van der Waals surface area (Å²) in [5.41, 5.74) is 2.39. The second kappa shape index (κ2) is 6.79. The molecule has 3 heterocycles. The van der Waals surface area contributed by atoms with Crippen LogP contribution in [0.5, 0.6) is 0 Å². The van der Waals surface area contributed by atoms with Crippen LogP contribution in [0.15, 0.2) is 42.7 Å². The van der Waals surface area contributed by atoms with E-state index in [0.717, 1.165) is 10.8 Å². The molecule has 132 valence electrons. The van der Waals surface area contributed by atoms with Gasteiger partial charge in [0.2, 0.25) is 0 Å². The first kappa shape index (κ1) is 16.6. The van der Waals surface area contributed by atoms with Crippen molar-refractivity contribution in [3.8, 4) is 0 Å². The van der Waals surface area contributed by atoms with Crippen molar-refractivity contribution in [3.05, 3.63) is 54.1 Å². The van der Waals surface area contributed by atoms with E-state index in [4.69, 9.17) is 12.2 Å². The van der Waals surface area contributed by atoms with E-state index in [-0.39, 0.29) is 12.1 Å². The van der Waals surface area contributed by atoms with Crippen LogP contribution in [0.25, 0.3) is 0 Å². The van der Waals surface area contributed by atoms with Crippen LogP contribution < -0.4 is 5.32 Å². The Kier molecular flexibility index (Phi) is 4.50. The van der Waals surface area contributed by atoms with Gasteiger partial charge in [-0.05, 0) is 63.2 Å². The fourth-order valence-electron chi connectivity index (χ4n) is 4.39. The number of hydrogen-bond donors (Lipinski definition) is 1. The molecule has 5 heteroatoms. The second-order valence-electron chi connectivity index (χ2n) is 7.41. The summed E-state index contributed by atoms with van der Waals surface area (Å²) in [6.07, 6.45) is 9.12. The summed E-state index contributed by atoms with van der Waals surface area (Å²) in [6.45, 7) is 4.47. The fraction of sp³-hybridized carbons (Fsp3) is 0.500. The highest BCUT2D eigenvalue weighted by Crippen LogP contribution is 2.43. The molecule has 0 bridgehead atoms. The monoisotopic (exact) mass is 354 g/mol. The smallest absolute Gasteiger partial charge is 0.170 e. The maximum Gasteiger partial charge on any atom is 0.170 e. The molecule has 2 fully saturated rings. The van der Waals surface area contributed by atoms with Crippen LogP contribution in [-0.4, -0.2) is 25.6 Å². The molecule has 0 radical (unpaired) electrons. The van der Waals surface area contributed by atoms with E-state index in [1.165, 1.54) is 31.4 Å². The van der Waals surface area contributed by atoms with Gasteiger partial charge in [0, 0.05) is 30.2 Å². The van der Waals surface area contributed by atoms with Crippen molar-refractivity contribution in [1.82, 2.24) is 19.8 Å². The summed E-state index contributed by atoms with van der Waals surface area (Å²) in [7, 11) is 0. The summed E-state index contributed by atoms with van der Waals surface area (Å²) in [6, 6.07) is 11.8. The molecule has 1 aliphatic carbocycles. The summed E-state index contributed by atoms with van der Waals surface area (Å²) >= 11 is 5.79. The lowest BCUT2D eigenvalue weighted by Crippen LogP contribution is -2.38. The predicted octanol–water partition coefficient (Wildman–Crippen LogP) is 4.38. The zero-order chi connectivity index (χ0) is 17.4. The van der Waals surface area contributed by atoms with Crippen molar-refractivity contribution in [3.63, 3.8) is 0 Å². The number of nitrogens with one attached hydrogen (secondary N) is 1. The Morgan fingerprint density at radius 2 is 1.96 bits per heavy atom. The molecule has 0 unspecified atom stereocenters. The van der Waals surface area contributed by atoms with Crippen LogP contribution >= 0.6 is 12.2 Å². The maximum absolute atomic E-state index is 5.79. The highest BCUT2D eigenvalue weighted by Gasteiger charge is 2.44. The van der Waals surface area contributed by atoms with Crippen LogP contribution in [0, 0.1) is 0 Å². The minimum Gasteiger partial charge on any atom is -0.352 e. The average Bonchev–Trinajstić information content (AvgIpc) is 3.34. The van der Waals surface area contributed by atoms with E-state index in [9.17, 15) is 0 Å². The highest BCUT2D eigenvalue weighted by atomic mass is 32.1. The normalized spacial score (nSPS) is 24.3. The quantitative estimate of drug-likeness (QED) is 0.826. The molecule has 1 saturated heterocycles. The number of thiocarbonyl (C=S) groups is 1. The molecule has 0 aromatic carbocycles. The Hall–Kier alpha value is -1.88. The van der Waals surface area contributed by atoms with E-state index in [2.05, 4.69) is 64.1 Å². The Morgan fingerprint density at radius 1 is 1.16 bits per heavy atom. The SMILES string of the molecule is CC(C)n1cccc1[C@@H]1[C@@H](c2ccccn2)NC(=S)N1C1CCCC1. The van der Waals surface area contributed by atoms with Crippen molar-refractivity contribution < 1.29 is 0 Å². The van der Waals surface area contributed by atoms with Gasteiger partial charge in [0.05, 0.1) is 17.8 Å². The lowest BCUT2D eigenvalue weighted by Gasteiger charge is -2.34. The third-order valence-electron chi connectivity index (χ3n) is 5.52. The average molecular weight is 355 g/mol. The van der Waals surface area contributed by atoms with E-state index in [1.807, 2.05) is 12.3 Å². The first-order valence-electron chi connectivity index (χ1n) is 9.33. The number of aromatic nitrogens is 2. The van der Waals surface area contributed by atoms with Gasteiger partial charge in [-0.15, -0.1) is 0 Å². The van der Waals surface area contributed by atoms with Crippen LogP contribution in [0.4, 0.5) is 0 Å². The molecule has 1 N–H and O–H groups in total. The molecule has 2 aliphatic rings. The molecule has 0 amide bonds. The molecule has 4 nitrogen and oxygen atoms in total. The van der Waals surface area contributed by atoms with E-state index >= 15 is 0 Å². The van der Waals surface area contributed by atoms with Crippen molar-refractivity contribution in [2.75, 3.05) is 0 Å². The Bertz CT molecular complexity index is 733. The Labute approximate surface area is 155 Å². The van der Waals surface area contributed by atoms with Gasteiger partial charge in [0.25, 0.3) is 0 Å². The largest absolute Gasteiger partial charge is 0.352 e. The Morgan fingerprint density at radius 3 is 2.64 bits per heavy atom. The first-order valence-corrected chi connectivity index (χ1v) is 9.74. The standard InChI is InChI=1S/C20H26N4S/c1-14(2)23-13-7-11-17(23)19-18(16-10-5-6-12-21-16)22-20(25)24(19)15-8-3-4-9-15/h5-7,10-15,18-19H,3-4,8-9H2,1-2H3,(H,22,25)/t18-,19-/m1/s1. The van der Waals surface area contributed by atoms with Gasteiger partial charge in [-0.2, -0.15) is 0 Å². The second-order valence-corrected chi connectivity index (χ2v) is 7.79. The molecular formula is C20H26N4S. The summed E-state index contributed by atoms with van der Waals surface area (Å²) in [4.78, 5) is 7.10. The van der Waals surface area contributed by atoms with Crippen molar-refractivity contribution in [2.24, 2.45) is 0 Å². The molecule has 0 spiro atoms. The highest BCUT2D eigenvalue weighted by molar-refractivity contribution is 7.80. The first-order chi connectivity index (χ1) is 12.2. The van der Waals surface area contributed by atoms with Gasteiger partial charge in [-0.25, -0.2) is 0 Å². The van der Waals surface area contributed by atoms with Gasteiger partial charge in [0.1, 0.15) is 0 Å². The Balaban J connectivity index is 1.79. The minimum absolute atomic E-state index is 0.0988. The van der Waals surface area contributed by atoms with E-state index < -0.39 is 0 Å². The van der Waals surface area contributed by atoms with Gasteiger partial charge < -0.3 is 14.8 Å². The van der Waals surface area contributed by atoms with Crippen LogP contribution in [0.2, 0.25) is 0 Å². The molecule has 2 aromatic heterocycles. The number of nitrogens with zero attached hydrogens (tertiary/aromatic N) is 3. The molecular weight excluding hydrogens is 328 g/mol. The molecule has 2 aromatic rings. The van der Waals surface area contributed by atoms with Gasteiger partial charge in [0.15, 0.2) is 5.11 Å². The van der Waals surface area contributed by atoms with Crippen LogP contribution in [-0.2, 0) is 0 Å². The molecule has 4 rings (SSSR count). The number of hydrogen-bond acceptors (Lipinski definition) is 2. The molecule has 1 aliphatic heterocycles. The number of pyridine rings is 1. The molecule has 1 saturated carbocycles. The lowest BCUT2D eigenvalue weighted by molar-refractivity contribution is 0.234. The van der Waals surface area contributed by atoms with Gasteiger partial charge in [-0.3, -0.25) is 4.98 Å². The number of rotatable bonds is 4. The summed E-state index contributed by atoms with van der Waals surface area (Å²) in [5.74, 6) is 0. The summed E-state index contributed by atoms with van der Waals surface area (Å²) < 4.78 is 2.37. The minimum atomic E-state index is 0.0988. The van der Waals surface area contributed by atoms with Crippen molar-refractivity contribution in [2.45, 2.75) is 63.7 Å². The molecule has 2 atom stereocenters. The van der Waals surface area contributed by atoms with Gasteiger partial charge >= 0.3 is 0 Å². The topological polar surface area (TPSA) is 33.1 Å². The lowest BCUT2D eigenvalue weighted by atomic mass is 9.99. The van der Waals surface area contributed by atoms with Crippen LogP contribution in [0.1, 0.15) is 69.0 Å². The zero-order valence-electron chi connectivity index (χ0n) is 14.9. The predicted molar refractivity (Wildman–Crippen MR) is 104 cm³/mol. The maximum atomic E-state index is 5.79. The van der Waals surface area contributed by atoms with Crippen molar-refractivity contribution in [1.29, 1.82) is 0 Å². The fourth-order valence-corrected chi connectivity index (χ4v) is 4.78.